The predicted molar refractivity (Wildman–Crippen MR) is 53.5 cm³/mol. The lowest BCUT2D eigenvalue weighted by molar-refractivity contribution is -0.0498. The van der Waals surface area contributed by atoms with Crippen molar-refractivity contribution in [2.75, 3.05) is 0 Å². The number of halogens is 5. The van der Waals surface area contributed by atoms with Crippen molar-refractivity contribution in [2.45, 2.75) is 6.61 Å². The van der Waals surface area contributed by atoms with Crippen LogP contribution in [0.4, 0.5) is 8.78 Å². The number of hydrogen-bond acceptors (Lipinski definition) is 1. The van der Waals surface area contributed by atoms with Crippen LogP contribution < -0.4 is 4.74 Å². The summed E-state index contributed by atoms with van der Waals surface area (Å²) in [5.74, 6) is -0.0493. The van der Waals surface area contributed by atoms with Gasteiger partial charge < -0.3 is 4.74 Å². The third-order valence-electron chi connectivity index (χ3n) is 1.19. The standard InChI is InChI=1S/C7H3Br2ClF2O/c8-3-1-5(10)6(2-4(3)9)13-7(11)12/h1-2,7H. The fourth-order valence-electron chi connectivity index (χ4n) is 0.691. The van der Waals surface area contributed by atoms with Gasteiger partial charge in [-0.05, 0) is 44.0 Å². The van der Waals surface area contributed by atoms with Gasteiger partial charge in [-0.15, -0.1) is 0 Å². The molecule has 0 amide bonds. The monoisotopic (exact) mass is 334 g/mol. The average Bonchev–Trinajstić information content (AvgIpc) is 1.99. The molecule has 0 spiro atoms. The molecule has 0 fully saturated rings. The van der Waals surface area contributed by atoms with Crippen LogP contribution >= 0.6 is 43.5 Å². The highest BCUT2D eigenvalue weighted by Gasteiger charge is 2.10. The van der Waals surface area contributed by atoms with Gasteiger partial charge in [0.25, 0.3) is 0 Å². The second-order valence-corrected chi connectivity index (χ2v) is 4.19. The molecule has 6 heteroatoms. The van der Waals surface area contributed by atoms with Crippen molar-refractivity contribution in [3.05, 3.63) is 26.1 Å². The average molecular weight is 336 g/mol. The van der Waals surface area contributed by atoms with Gasteiger partial charge in [0.05, 0.1) is 5.02 Å². The van der Waals surface area contributed by atoms with Gasteiger partial charge in [-0.1, -0.05) is 11.6 Å². The van der Waals surface area contributed by atoms with Crippen LogP contribution in [0, 0.1) is 0 Å². The maximum atomic E-state index is 11.8. The molecule has 0 saturated carbocycles. The summed E-state index contributed by atoms with van der Waals surface area (Å²) < 4.78 is 29.1. The van der Waals surface area contributed by atoms with Gasteiger partial charge in [0, 0.05) is 8.95 Å². The van der Waals surface area contributed by atoms with Crippen LogP contribution in [0.15, 0.2) is 21.1 Å². The lowest BCUT2D eigenvalue weighted by Crippen LogP contribution is -2.02. The summed E-state index contributed by atoms with van der Waals surface area (Å²) >= 11 is 11.9. The van der Waals surface area contributed by atoms with Crippen molar-refractivity contribution in [2.24, 2.45) is 0 Å². The van der Waals surface area contributed by atoms with E-state index >= 15 is 0 Å². The van der Waals surface area contributed by atoms with Crippen LogP contribution in [0.3, 0.4) is 0 Å². The third-order valence-corrected chi connectivity index (χ3v) is 3.33. The fraction of sp³-hybridized carbons (Fsp3) is 0.143. The van der Waals surface area contributed by atoms with E-state index < -0.39 is 6.61 Å². The predicted octanol–water partition coefficient (Wildman–Crippen LogP) is 4.47. The summed E-state index contributed by atoms with van der Waals surface area (Å²) in [6.07, 6.45) is 0. The van der Waals surface area contributed by atoms with E-state index in [0.29, 0.717) is 8.95 Å². The number of hydrogen-bond donors (Lipinski definition) is 0. The minimum Gasteiger partial charge on any atom is -0.433 e. The highest BCUT2D eigenvalue weighted by Crippen LogP contribution is 2.34. The summed E-state index contributed by atoms with van der Waals surface area (Å²) in [4.78, 5) is 0. The molecule has 1 aromatic carbocycles. The van der Waals surface area contributed by atoms with Crippen molar-refractivity contribution < 1.29 is 13.5 Å². The molecule has 0 saturated heterocycles. The van der Waals surface area contributed by atoms with Gasteiger partial charge in [-0.25, -0.2) is 0 Å². The van der Waals surface area contributed by atoms with Crippen LogP contribution in [0.25, 0.3) is 0 Å². The zero-order valence-corrected chi connectivity index (χ0v) is 9.96. The minimum absolute atomic E-state index is 0.0493. The summed E-state index contributed by atoms with van der Waals surface area (Å²) in [5.41, 5.74) is 0. The molecule has 0 aliphatic heterocycles. The van der Waals surface area contributed by atoms with Gasteiger partial charge in [-0.2, -0.15) is 8.78 Å². The lowest BCUT2D eigenvalue weighted by Gasteiger charge is -2.07. The first kappa shape index (κ1) is 11.2. The Balaban J connectivity index is 3.01. The zero-order chi connectivity index (χ0) is 10.0. The molecular weight excluding hydrogens is 333 g/mol. The zero-order valence-electron chi connectivity index (χ0n) is 6.03. The molecule has 0 heterocycles. The summed E-state index contributed by atoms with van der Waals surface area (Å²) in [6, 6.07) is 2.85. The fourth-order valence-corrected chi connectivity index (χ4v) is 1.70. The molecular formula is C7H3Br2ClF2O. The largest absolute Gasteiger partial charge is 0.433 e. The molecule has 0 radical (unpaired) electrons. The molecule has 0 aliphatic rings. The first-order chi connectivity index (χ1) is 6.00. The van der Waals surface area contributed by atoms with Gasteiger partial charge in [0.2, 0.25) is 0 Å². The van der Waals surface area contributed by atoms with Crippen molar-refractivity contribution in [1.82, 2.24) is 0 Å². The van der Waals surface area contributed by atoms with Crippen molar-refractivity contribution in [3.8, 4) is 5.75 Å². The van der Waals surface area contributed by atoms with Crippen LogP contribution in [-0.4, -0.2) is 6.61 Å². The molecule has 13 heavy (non-hydrogen) atoms. The van der Waals surface area contributed by atoms with Crippen LogP contribution in [0.1, 0.15) is 0 Å². The van der Waals surface area contributed by atoms with Gasteiger partial charge in [0.1, 0.15) is 5.75 Å². The maximum Gasteiger partial charge on any atom is 0.387 e. The summed E-state index contributed by atoms with van der Waals surface area (Å²) in [7, 11) is 0. The Morgan fingerprint density at radius 2 is 1.77 bits per heavy atom. The quantitative estimate of drug-likeness (QED) is 0.724. The van der Waals surface area contributed by atoms with E-state index in [2.05, 4.69) is 36.6 Å². The number of ether oxygens (including phenoxy) is 1. The third kappa shape index (κ3) is 3.07. The van der Waals surface area contributed by atoms with E-state index in [4.69, 9.17) is 11.6 Å². The van der Waals surface area contributed by atoms with Gasteiger partial charge in [0.15, 0.2) is 0 Å². The van der Waals surface area contributed by atoms with E-state index in [1.165, 1.54) is 12.1 Å². The summed E-state index contributed by atoms with van der Waals surface area (Å²) in [5, 5.41) is 0.135. The number of alkyl halides is 2. The Bertz CT molecular complexity index is 320. The second-order valence-electron chi connectivity index (χ2n) is 2.08. The van der Waals surface area contributed by atoms with Gasteiger partial charge >= 0.3 is 6.61 Å². The Morgan fingerprint density at radius 1 is 1.23 bits per heavy atom. The Kier molecular flexibility index (Phi) is 3.94. The first-order valence-electron chi connectivity index (χ1n) is 3.10. The van der Waals surface area contributed by atoms with Crippen molar-refractivity contribution in [3.63, 3.8) is 0 Å². The normalized spacial score (nSPS) is 10.6. The molecule has 1 rings (SSSR count). The maximum absolute atomic E-state index is 11.8. The Morgan fingerprint density at radius 3 is 2.31 bits per heavy atom. The molecule has 0 atom stereocenters. The first-order valence-corrected chi connectivity index (χ1v) is 5.06. The smallest absolute Gasteiger partial charge is 0.387 e. The van der Waals surface area contributed by atoms with Crippen LogP contribution in [0.5, 0.6) is 5.75 Å². The molecule has 0 N–H and O–H groups in total. The highest BCUT2D eigenvalue weighted by atomic mass is 79.9. The minimum atomic E-state index is -2.87. The van der Waals surface area contributed by atoms with E-state index in [9.17, 15) is 8.78 Å². The molecule has 0 bridgehead atoms. The van der Waals surface area contributed by atoms with Crippen LogP contribution in [-0.2, 0) is 0 Å². The highest BCUT2D eigenvalue weighted by molar-refractivity contribution is 9.13. The van der Waals surface area contributed by atoms with Crippen LogP contribution in [0.2, 0.25) is 5.02 Å². The summed E-state index contributed by atoms with van der Waals surface area (Å²) in [6.45, 7) is -2.87. The van der Waals surface area contributed by atoms with Crippen molar-refractivity contribution in [1.29, 1.82) is 0 Å². The van der Waals surface area contributed by atoms with E-state index in [0.717, 1.165) is 0 Å². The lowest BCUT2D eigenvalue weighted by atomic mass is 10.3. The molecule has 1 aromatic rings. The number of benzene rings is 1. The molecule has 0 unspecified atom stereocenters. The Hall–Kier alpha value is 0.130. The molecule has 0 aromatic heterocycles. The van der Waals surface area contributed by atoms with E-state index in [1.807, 2.05) is 0 Å². The second kappa shape index (κ2) is 4.57. The van der Waals surface area contributed by atoms with E-state index in [-0.39, 0.29) is 10.8 Å². The Labute approximate surface area is 95.3 Å². The molecule has 72 valence electrons. The topological polar surface area (TPSA) is 9.23 Å². The van der Waals surface area contributed by atoms with Gasteiger partial charge in [-0.3, -0.25) is 0 Å². The number of rotatable bonds is 2. The van der Waals surface area contributed by atoms with E-state index in [1.54, 1.807) is 0 Å². The molecule has 0 aliphatic carbocycles. The SMILES string of the molecule is FC(F)Oc1cc(Br)c(Br)cc1Cl. The van der Waals surface area contributed by atoms with Crippen molar-refractivity contribution >= 4 is 43.5 Å². The molecule has 1 nitrogen and oxygen atoms in total.